The number of rotatable bonds is 4. The Bertz CT molecular complexity index is 509. The summed E-state index contributed by atoms with van der Waals surface area (Å²) >= 11 is 0. The first-order valence-corrected chi connectivity index (χ1v) is 4.81. The van der Waals surface area contributed by atoms with E-state index < -0.39 is 16.6 Å². The zero-order valence-electron chi connectivity index (χ0n) is 9.75. The Morgan fingerprint density at radius 3 is 2.61 bits per heavy atom. The number of esters is 1. The van der Waals surface area contributed by atoms with Crippen LogP contribution in [0.4, 0.5) is 5.69 Å². The van der Waals surface area contributed by atoms with Crippen LogP contribution in [0, 0.1) is 10.1 Å². The summed E-state index contributed by atoms with van der Waals surface area (Å²) in [5.74, 6) is -1.02. The van der Waals surface area contributed by atoms with Crippen molar-refractivity contribution in [3.8, 4) is 11.5 Å². The molecule has 7 nitrogen and oxygen atoms in total. The highest BCUT2D eigenvalue weighted by Gasteiger charge is 2.19. The molecule has 18 heavy (non-hydrogen) atoms. The van der Waals surface area contributed by atoms with Crippen molar-refractivity contribution < 1.29 is 24.3 Å². The first-order valence-electron chi connectivity index (χ1n) is 4.81. The molecular formula is C11H11NO6. The molecule has 0 atom stereocenters. The second-order valence-corrected chi connectivity index (χ2v) is 3.16. The predicted octanol–water partition coefficient (Wildman–Crippen LogP) is 1.50. The van der Waals surface area contributed by atoms with Gasteiger partial charge < -0.3 is 14.6 Å². The SMILES string of the molecule is COC(=O)/C=C/c1c([N+](=O)[O-])ccc(OC)c1O. The summed E-state index contributed by atoms with van der Waals surface area (Å²) in [5.41, 5.74) is -0.460. The number of nitrogens with zero attached hydrogens (tertiary/aromatic N) is 1. The smallest absolute Gasteiger partial charge is 0.330 e. The second-order valence-electron chi connectivity index (χ2n) is 3.16. The largest absolute Gasteiger partial charge is 0.504 e. The zero-order chi connectivity index (χ0) is 13.7. The van der Waals surface area contributed by atoms with Crippen molar-refractivity contribution in [3.63, 3.8) is 0 Å². The molecular weight excluding hydrogens is 242 g/mol. The molecule has 0 bridgehead atoms. The van der Waals surface area contributed by atoms with Crippen LogP contribution in [0.15, 0.2) is 18.2 Å². The van der Waals surface area contributed by atoms with Crippen molar-refractivity contribution in [1.29, 1.82) is 0 Å². The van der Waals surface area contributed by atoms with Gasteiger partial charge in [0.15, 0.2) is 11.5 Å². The molecule has 0 saturated heterocycles. The van der Waals surface area contributed by atoms with Gasteiger partial charge in [-0.25, -0.2) is 4.79 Å². The van der Waals surface area contributed by atoms with E-state index in [0.29, 0.717) is 0 Å². The highest BCUT2D eigenvalue weighted by molar-refractivity contribution is 5.89. The molecule has 0 aliphatic carbocycles. The monoisotopic (exact) mass is 253 g/mol. The van der Waals surface area contributed by atoms with Crippen LogP contribution >= 0.6 is 0 Å². The number of benzene rings is 1. The lowest BCUT2D eigenvalue weighted by Crippen LogP contribution is -1.96. The lowest BCUT2D eigenvalue weighted by atomic mass is 10.1. The summed E-state index contributed by atoms with van der Waals surface area (Å²) in [6, 6.07) is 2.44. The normalized spacial score (nSPS) is 10.3. The van der Waals surface area contributed by atoms with Gasteiger partial charge in [-0.05, 0) is 12.1 Å². The van der Waals surface area contributed by atoms with Crippen molar-refractivity contribution in [1.82, 2.24) is 0 Å². The Hall–Kier alpha value is -2.57. The van der Waals surface area contributed by atoms with Crippen LogP contribution in [-0.2, 0) is 9.53 Å². The number of phenols is 1. The van der Waals surface area contributed by atoms with Gasteiger partial charge >= 0.3 is 5.97 Å². The second kappa shape index (κ2) is 5.67. The maximum atomic E-state index is 10.9. The molecule has 0 amide bonds. The van der Waals surface area contributed by atoms with E-state index in [1.807, 2.05) is 0 Å². The number of methoxy groups -OCH3 is 2. The molecule has 0 fully saturated rings. The van der Waals surface area contributed by atoms with E-state index >= 15 is 0 Å². The molecule has 1 aromatic rings. The number of nitro groups is 1. The Morgan fingerprint density at radius 1 is 1.44 bits per heavy atom. The molecule has 1 rings (SSSR count). The average Bonchev–Trinajstić information content (AvgIpc) is 2.36. The predicted molar refractivity (Wildman–Crippen MR) is 62.4 cm³/mol. The Kier molecular flexibility index (Phi) is 4.25. The van der Waals surface area contributed by atoms with E-state index in [1.54, 1.807) is 0 Å². The fraction of sp³-hybridized carbons (Fsp3) is 0.182. The van der Waals surface area contributed by atoms with Crippen molar-refractivity contribution in [2.24, 2.45) is 0 Å². The molecule has 0 saturated carbocycles. The van der Waals surface area contributed by atoms with Crippen LogP contribution in [0.1, 0.15) is 5.56 Å². The maximum absolute atomic E-state index is 10.9. The van der Waals surface area contributed by atoms with Gasteiger partial charge in [-0.2, -0.15) is 0 Å². The molecule has 0 radical (unpaired) electrons. The Morgan fingerprint density at radius 2 is 2.11 bits per heavy atom. The molecule has 0 aliphatic rings. The molecule has 0 aromatic heterocycles. The van der Waals surface area contributed by atoms with Gasteiger partial charge in [-0.1, -0.05) is 0 Å². The topological polar surface area (TPSA) is 98.9 Å². The van der Waals surface area contributed by atoms with Crippen LogP contribution in [0.5, 0.6) is 11.5 Å². The van der Waals surface area contributed by atoms with Crippen LogP contribution in [-0.4, -0.2) is 30.2 Å². The van der Waals surface area contributed by atoms with Gasteiger partial charge in [0.05, 0.1) is 24.7 Å². The molecule has 0 spiro atoms. The van der Waals surface area contributed by atoms with Gasteiger partial charge in [-0.15, -0.1) is 0 Å². The first-order chi connectivity index (χ1) is 8.51. The number of ether oxygens (including phenoxy) is 2. The number of nitro benzene ring substituents is 1. The molecule has 0 heterocycles. The summed E-state index contributed by atoms with van der Waals surface area (Å²) in [5, 5.41) is 20.6. The standard InChI is InChI=1S/C11H11NO6/c1-17-9-5-4-8(12(15)16)7(11(9)14)3-6-10(13)18-2/h3-6,14H,1-2H3/b6-3+. The highest BCUT2D eigenvalue weighted by atomic mass is 16.6. The fourth-order valence-electron chi connectivity index (χ4n) is 1.29. The minimum atomic E-state index is -0.688. The summed E-state index contributed by atoms with van der Waals surface area (Å²) in [7, 11) is 2.49. The molecule has 0 aliphatic heterocycles. The quantitative estimate of drug-likeness (QED) is 0.378. The summed E-state index contributed by atoms with van der Waals surface area (Å²) in [6.45, 7) is 0. The van der Waals surface area contributed by atoms with E-state index in [4.69, 9.17) is 4.74 Å². The van der Waals surface area contributed by atoms with Crippen LogP contribution < -0.4 is 4.74 Å². The summed E-state index contributed by atoms with van der Waals surface area (Å²) in [6.07, 6.45) is 2.07. The van der Waals surface area contributed by atoms with Crippen LogP contribution in [0.2, 0.25) is 0 Å². The third-order valence-corrected chi connectivity index (χ3v) is 2.16. The molecule has 96 valence electrons. The zero-order valence-corrected chi connectivity index (χ0v) is 9.75. The Labute approximate surface area is 102 Å². The number of hydrogen-bond donors (Lipinski definition) is 1. The van der Waals surface area contributed by atoms with E-state index in [0.717, 1.165) is 12.2 Å². The lowest BCUT2D eigenvalue weighted by molar-refractivity contribution is -0.385. The van der Waals surface area contributed by atoms with Gasteiger partial charge in [0.25, 0.3) is 5.69 Å². The summed E-state index contributed by atoms with van der Waals surface area (Å²) < 4.78 is 9.19. The average molecular weight is 253 g/mol. The third kappa shape index (κ3) is 2.76. The number of carbonyl (C=O) groups excluding carboxylic acids is 1. The minimum absolute atomic E-state index is 0.0742. The maximum Gasteiger partial charge on any atom is 0.330 e. The van der Waals surface area contributed by atoms with E-state index in [9.17, 15) is 20.0 Å². The fourth-order valence-corrected chi connectivity index (χ4v) is 1.29. The first kappa shape index (κ1) is 13.5. The van der Waals surface area contributed by atoms with Gasteiger partial charge in [0.1, 0.15) is 0 Å². The third-order valence-electron chi connectivity index (χ3n) is 2.16. The van der Waals surface area contributed by atoms with Crippen LogP contribution in [0.25, 0.3) is 6.08 Å². The van der Waals surface area contributed by atoms with E-state index in [2.05, 4.69) is 4.74 Å². The lowest BCUT2D eigenvalue weighted by Gasteiger charge is -2.06. The van der Waals surface area contributed by atoms with Gasteiger partial charge in [-0.3, -0.25) is 10.1 Å². The van der Waals surface area contributed by atoms with Gasteiger partial charge in [0, 0.05) is 12.1 Å². The highest BCUT2D eigenvalue weighted by Crippen LogP contribution is 2.36. The van der Waals surface area contributed by atoms with Gasteiger partial charge in [0.2, 0.25) is 0 Å². The minimum Gasteiger partial charge on any atom is -0.504 e. The van der Waals surface area contributed by atoms with Crippen LogP contribution in [0.3, 0.4) is 0 Å². The Balaban J connectivity index is 3.32. The number of hydrogen-bond acceptors (Lipinski definition) is 6. The van der Waals surface area contributed by atoms with E-state index in [1.165, 1.54) is 26.4 Å². The summed E-state index contributed by atoms with van der Waals surface area (Å²) in [4.78, 5) is 21.1. The van der Waals surface area contributed by atoms with Crippen molar-refractivity contribution >= 4 is 17.7 Å². The molecule has 1 aromatic carbocycles. The van der Waals surface area contributed by atoms with Crippen molar-refractivity contribution in [2.45, 2.75) is 0 Å². The number of aromatic hydroxyl groups is 1. The molecule has 7 heteroatoms. The van der Waals surface area contributed by atoms with E-state index in [-0.39, 0.29) is 17.0 Å². The molecule has 0 unspecified atom stereocenters. The molecule has 1 N–H and O–H groups in total. The number of phenolic OH excluding ortho intramolecular Hbond substituents is 1. The van der Waals surface area contributed by atoms with Crippen molar-refractivity contribution in [2.75, 3.05) is 14.2 Å². The van der Waals surface area contributed by atoms with Crippen molar-refractivity contribution in [3.05, 3.63) is 33.9 Å². The number of carbonyl (C=O) groups is 1.